The van der Waals surface area contributed by atoms with Crippen LogP contribution in [0.3, 0.4) is 0 Å². The molecule has 0 aliphatic rings. The molecule has 0 aliphatic heterocycles. The van der Waals surface area contributed by atoms with Crippen molar-refractivity contribution in [1.29, 1.82) is 0 Å². The maximum atomic E-state index is 12.5. The Labute approximate surface area is 150 Å². The number of halogens is 3. The molecule has 8 heteroatoms. The SMILES string of the molecule is CCN(CCO)c1ccc(/C=N\Nc2ccc(C(F)(F)F)cn2)c(C)c1. The van der Waals surface area contributed by atoms with Crippen molar-refractivity contribution in [3.63, 3.8) is 0 Å². The lowest BCUT2D eigenvalue weighted by Crippen LogP contribution is -2.26. The van der Waals surface area contributed by atoms with Crippen LogP contribution in [0.2, 0.25) is 0 Å². The van der Waals surface area contributed by atoms with Crippen LogP contribution in [-0.4, -0.2) is 36.0 Å². The van der Waals surface area contributed by atoms with Crippen molar-refractivity contribution in [3.8, 4) is 0 Å². The monoisotopic (exact) mass is 366 g/mol. The zero-order chi connectivity index (χ0) is 19.2. The van der Waals surface area contributed by atoms with Gasteiger partial charge in [-0.3, -0.25) is 5.43 Å². The second-order valence-electron chi connectivity index (χ2n) is 5.64. The predicted octanol–water partition coefficient (Wildman–Crippen LogP) is 3.67. The molecule has 0 bridgehead atoms. The van der Waals surface area contributed by atoms with Crippen LogP contribution < -0.4 is 10.3 Å². The molecule has 0 unspecified atom stereocenters. The molecule has 0 spiro atoms. The number of aliphatic hydroxyl groups excluding tert-OH is 1. The van der Waals surface area contributed by atoms with Gasteiger partial charge in [0.2, 0.25) is 0 Å². The number of nitrogens with zero attached hydrogens (tertiary/aromatic N) is 3. The first-order valence-corrected chi connectivity index (χ1v) is 8.14. The molecule has 2 N–H and O–H groups in total. The van der Waals surface area contributed by atoms with Crippen LogP contribution in [-0.2, 0) is 6.18 Å². The van der Waals surface area contributed by atoms with E-state index in [1.165, 1.54) is 6.07 Å². The van der Waals surface area contributed by atoms with Gasteiger partial charge in [-0.15, -0.1) is 0 Å². The average molecular weight is 366 g/mol. The molecule has 0 radical (unpaired) electrons. The highest BCUT2D eigenvalue weighted by Gasteiger charge is 2.30. The highest BCUT2D eigenvalue weighted by molar-refractivity contribution is 5.83. The molecule has 2 aromatic rings. The van der Waals surface area contributed by atoms with Crippen molar-refractivity contribution < 1.29 is 18.3 Å². The van der Waals surface area contributed by atoms with Gasteiger partial charge < -0.3 is 10.0 Å². The van der Waals surface area contributed by atoms with Crippen LogP contribution in [0.4, 0.5) is 24.7 Å². The molecule has 0 saturated heterocycles. The highest BCUT2D eigenvalue weighted by Crippen LogP contribution is 2.28. The lowest BCUT2D eigenvalue weighted by molar-refractivity contribution is -0.137. The first-order chi connectivity index (χ1) is 12.3. The number of anilines is 2. The second-order valence-corrected chi connectivity index (χ2v) is 5.64. The first kappa shape index (κ1) is 19.7. The third-order valence-corrected chi connectivity index (χ3v) is 3.84. The number of benzene rings is 1. The standard InChI is InChI=1S/C18H21F3N4O/c1-3-25(8-9-26)16-6-4-14(13(2)10-16)11-23-24-17-7-5-15(12-22-17)18(19,20)21/h4-7,10-12,26H,3,8-9H2,1-2H3,(H,22,24)/b23-11-. The lowest BCUT2D eigenvalue weighted by Gasteiger charge is -2.22. The highest BCUT2D eigenvalue weighted by atomic mass is 19.4. The fourth-order valence-electron chi connectivity index (χ4n) is 2.39. The van der Waals surface area contributed by atoms with Crippen LogP contribution in [0.15, 0.2) is 41.6 Å². The van der Waals surface area contributed by atoms with Crippen molar-refractivity contribution in [3.05, 3.63) is 53.2 Å². The molecule has 0 amide bonds. The Hall–Kier alpha value is -2.61. The van der Waals surface area contributed by atoms with Crippen LogP contribution in [0.5, 0.6) is 0 Å². The number of hydrazone groups is 1. The van der Waals surface area contributed by atoms with E-state index in [0.29, 0.717) is 6.54 Å². The third-order valence-electron chi connectivity index (χ3n) is 3.84. The summed E-state index contributed by atoms with van der Waals surface area (Å²) in [4.78, 5) is 5.75. The molecule has 0 aliphatic carbocycles. The van der Waals surface area contributed by atoms with Crippen molar-refractivity contribution in [2.24, 2.45) is 5.10 Å². The summed E-state index contributed by atoms with van der Waals surface area (Å²) < 4.78 is 37.5. The summed E-state index contributed by atoms with van der Waals surface area (Å²) in [6, 6.07) is 8.01. The summed E-state index contributed by atoms with van der Waals surface area (Å²) in [5.74, 6) is 0.226. The number of likely N-dealkylation sites (N-methyl/N-ethyl adjacent to an activating group) is 1. The van der Waals surface area contributed by atoms with E-state index in [9.17, 15) is 13.2 Å². The number of rotatable bonds is 7. The van der Waals surface area contributed by atoms with Gasteiger partial charge in [0, 0.05) is 25.0 Å². The van der Waals surface area contributed by atoms with E-state index in [-0.39, 0.29) is 12.4 Å². The predicted molar refractivity (Wildman–Crippen MR) is 96.6 cm³/mol. The minimum atomic E-state index is -4.41. The Morgan fingerprint density at radius 1 is 1.27 bits per heavy atom. The zero-order valence-corrected chi connectivity index (χ0v) is 14.6. The molecule has 1 heterocycles. The minimum Gasteiger partial charge on any atom is -0.395 e. The lowest BCUT2D eigenvalue weighted by atomic mass is 10.1. The van der Waals surface area contributed by atoms with E-state index in [1.807, 2.05) is 32.0 Å². The molecule has 2 rings (SSSR count). The zero-order valence-electron chi connectivity index (χ0n) is 14.6. The Morgan fingerprint density at radius 2 is 2.04 bits per heavy atom. The number of aromatic nitrogens is 1. The van der Waals surface area contributed by atoms with Gasteiger partial charge in [-0.1, -0.05) is 6.07 Å². The fourth-order valence-corrected chi connectivity index (χ4v) is 2.39. The quantitative estimate of drug-likeness (QED) is 0.580. The van der Waals surface area contributed by atoms with Gasteiger partial charge in [-0.2, -0.15) is 18.3 Å². The molecule has 1 aromatic carbocycles. The van der Waals surface area contributed by atoms with Crippen LogP contribution in [0.25, 0.3) is 0 Å². The normalized spacial score (nSPS) is 11.8. The van der Waals surface area contributed by atoms with E-state index >= 15 is 0 Å². The van der Waals surface area contributed by atoms with E-state index in [1.54, 1.807) is 6.21 Å². The smallest absolute Gasteiger partial charge is 0.395 e. The van der Waals surface area contributed by atoms with Gasteiger partial charge >= 0.3 is 6.18 Å². The second kappa shape index (κ2) is 8.66. The van der Waals surface area contributed by atoms with Gasteiger partial charge in [0.15, 0.2) is 0 Å². The molecule has 0 saturated carbocycles. The van der Waals surface area contributed by atoms with Crippen LogP contribution >= 0.6 is 0 Å². The summed E-state index contributed by atoms with van der Waals surface area (Å²) in [5, 5.41) is 13.1. The Balaban J connectivity index is 2.04. The van der Waals surface area contributed by atoms with E-state index in [4.69, 9.17) is 5.11 Å². The van der Waals surface area contributed by atoms with Crippen molar-refractivity contribution in [2.75, 3.05) is 30.0 Å². The van der Waals surface area contributed by atoms with Crippen molar-refractivity contribution in [1.82, 2.24) is 4.98 Å². The molecular formula is C18H21F3N4O. The number of aryl methyl sites for hydroxylation is 1. The summed E-state index contributed by atoms with van der Waals surface area (Å²) >= 11 is 0. The Morgan fingerprint density at radius 3 is 2.58 bits per heavy atom. The van der Waals surface area contributed by atoms with E-state index in [0.717, 1.165) is 35.6 Å². The molecule has 0 atom stereocenters. The van der Waals surface area contributed by atoms with Crippen LogP contribution in [0, 0.1) is 6.92 Å². The van der Waals surface area contributed by atoms with E-state index < -0.39 is 11.7 Å². The number of hydrogen-bond acceptors (Lipinski definition) is 5. The fraction of sp³-hybridized carbons (Fsp3) is 0.333. The van der Waals surface area contributed by atoms with Crippen LogP contribution in [0.1, 0.15) is 23.6 Å². The maximum absolute atomic E-state index is 12.5. The van der Waals surface area contributed by atoms with Gasteiger partial charge in [-0.05, 0) is 49.2 Å². The molecule has 0 fully saturated rings. The summed E-state index contributed by atoms with van der Waals surface area (Å²) in [6.07, 6.45) is -2.06. The first-order valence-electron chi connectivity index (χ1n) is 8.14. The van der Waals surface area contributed by atoms with Crippen molar-refractivity contribution >= 4 is 17.7 Å². The van der Waals surface area contributed by atoms with Gasteiger partial charge in [-0.25, -0.2) is 4.98 Å². The number of hydrogen-bond donors (Lipinski definition) is 2. The summed E-state index contributed by atoms with van der Waals surface area (Å²) in [7, 11) is 0. The van der Waals surface area contributed by atoms with Gasteiger partial charge in [0.05, 0.1) is 18.4 Å². The summed E-state index contributed by atoms with van der Waals surface area (Å²) in [6.45, 7) is 5.38. The molecule has 5 nitrogen and oxygen atoms in total. The van der Waals surface area contributed by atoms with E-state index in [2.05, 4.69) is 20.4 Å². The number of aliphatic hydroxyl groups is 1. The Bertz CT molecular complexity index is 745. The topological polar surface area (TPSA) is 60.8 Å². The number of alkyl halides is 3. The third kappa shape index (κ3) is 5.19. The molecule has 1 aromatic heterocycles. The largest absolute Gasteiger partial charge is 0.417 e. The average Bonchev–Trinajstić information content (AvgIpc) is 2.60. The Kier molecular flexibility index (Phi) is 6.57. The maximum Gasteiger partial charge on any atom is 0.417 e. The molecule has 140 valence electrons. The van der Waals surface area contributed by atoms with Gasteiger partial charge in [0.25, 0.3) is 0 Å². The number of pyridine rings is 1. The summed E-state index contributed by atoms with van der Waals surface area (Å²) in [5.41, 5.74) is 4.68. The molecule has 26 heavy (non-hydrogen) atoms. The molecular weight excluding hydrogens is 345 g/mol. The minimum absolute atomic E-state index is 0.0835. The van der Waals surface area contributed by atoms with Crippen molar-refractivity contribution in [2.45, 2.75) is 20.0 Å². The van der Waals surface area contributed by atoms with Gasteiger partial charge in [0.1, 0.15) is 5.82 Å². The number of nitrogens with one attached hydrogen (secondary N) is 1.